The van der Waals surface area contributed by atoms with Crippen LogP contribution in [0.25, 0.3) is 33.0 Å². The number of likely N-dealkylation sites (N-methyl/N-ethyl adjacent to an activating group) is 1. The van der Waals surface area contributed by atoms with Crippen LogP contribution in [0.15, 0.2) is 76.2 Å². The number of esters is 1. The van der Waals surface area contributed by atoms with Gasteiger partial charge in [-0.05, 0) is 46.4 Å². The van der Waals surface area contributed by atoms with Gasteiger partial charge in [0.15, 0.2) is 28.1 Å². The number of Topliss-reactive ketones (excluding diaryl/α,β-unsaturated/α-hetero) is 1. The highest BCUT2D eigenvalue weighted by atomic mass is 16.7. The topological polar surface area (TPSA) is 261 Å². The molecule has 9 rings (SSSR count). The molecule has 6 heterocycles. The third kappa shape index (κ3) is 12.5. The van der Waals surface area contributed by atoms with E-state index < -0.39 is 82.7 Å². The number of ether oxygens (including phenoxy) is 5. The van der Waals surface area contributed by atoms with Crippen LogP contribution < -0.4 is 25.1 Å². The second kappa shape index (κ2) is 25.3. The van der Waals surface area contributed by atoms with Gasteiger partial charge in [0.25, 0.3) is 11.7 Å². The van der Waals surface area contributed by atoms with Crippen LogP contribution in [0.1, 0.15) is 82.0 Å². The number of aromatic nitrogens is 3. The number of unbranched alkanes of at least 4 members (excludes halogenated alkanes) is 1. The molecule has 0 radical (unpaired) electrons. The van der Waals surface area contributed by atoms with Gasteiger partial charge in [-0.3, -0.25) is 33.4 Å². The Morgan fingerprint density at radius 2 is 1.61 bits per heavy atom. The van der Waals surface area contributed by atoms with E-state index in [1.807, 2.05) is 12.1 Å². The molecule has 2 fully saturated rings. The number of benzene rings is 3. The van der Waals surface area contributed by atoms with Crippen molar-refractivity contribution in [2.45, 2.75) is 98.4 Å². The molecular weight excluding hydrogens is 1070 g/mol. The number of aliphatic hydroxyl groups is 2. The molecule has 4 N–H and O–H groups in total. The molecule has 22 nitrogen and oxygen atoms in total. The van der Waals surface area contributed by atoms with Crippen molar-refractivity contribution in [3.05, 3.63) is 88.3 Å². The van der Waals surface area contributed by atoms with E-state index >= 15 is 4.79 Å². The number of amides is 1. The maximum Gasteiger partial charge on any atom is 0.312 e. The normalized spacial score (nSPS) is 27.8. The number of phenolic OH excluding ortho intramolecular Hbond substituents is 1. The molecule has 4 bridgehead atoms. The average molecular weight is 1150 g/mol. The standard InChI is InChI=1S/C61H78N8O14/c1-34-14-13-15-35(2)60(77)64-51-55(75)47-46(48-57(39(6)54(47)74)83-61(8,59(48)76)80-29-16-42(78-10)36(3)56(81-40(7)70)38(5)53(73)37(4)52(34)72)50-58(51)82-44-31-41(68-26-20-65(9)21-27-68)30-43(49(44)63-50)79-28-12-11-18-66-22-24-67(25-23-66)32-45(71)69-19-17-62-33-69/h13-17,19,29-31,33-34,36-38,42,52-53,56,72-73,75H,11-12,18,20-28,32H2,1-10H3,(H,64,77)/b14-13+,29-16+,35-15-/t34-,36+,37+,38+,42-,52-,53+,56+,61-/m0/s1. The van der Waals surface area contributed by atoms with Crippen LogP contribution in [0.5, 0.6) is 17.2 Å². The predicted octanol–water partition coefficient (Wildman–Crippen LogP) is 6.06. The molecule has 2 aromatic heterocycles. The third-order valence-corrected chi connectivity index (χ3v) is 17.0. The first-order chi connectivity index (χ1) is 39.6. The van der Waals surface area contributed by atoms with Gasteiger partial charge < -0.3 is 63.4 Å². The number of nitrogens with one attached hydrogen (secondary N) is 1. The molecule has 9 atom stereocenters. The fraction of sp³-hybridized carbons (Fsp3) is 0.525. The molecule has 4 aliphatic heterocycles. The van der Waals surface area contributed by atoms with Gasteiger partial charge in [0.2, 0.25) is 5.91 Å². The van der Waals surface area contributed by atoms with Crippen molar-refractivity contribution in [3.8, 4) is 17.2 Å². The SMILES string of the molecule is CO[C@H]1/C=C/O[C@@]2(C)Oc3c(C)c(=O)c4c(O)c(c5oc6cc(N7CCN(C)CC7)cc(OCCCCN7CCN(CC(=O)n8ccnc8)CC7)c6nc5c4c3C2=O)NC(=O)/C(C)=C\C=C\[C@H](C)[C@H](O)[C@@H](C)[C@@H](O)[C@@H](C)[C@H](OC(C)=O)[C@@H]1C. The van der Waals surface area contributed by atoms with Crippen LogP contribution in [-0.4, -0.2) is 185 Å². The first-order valence-electron chi connectivity index (χ1n) is 28.6. The number of hydrogen-bond donors (Lipinski definition) is 4. The Hall–Kier alpha value is -7.21. The van der Waals surface area contributed by atoms with Crippen LogP contribution in [0.3, 0.4) is 0 Å². The van der Waals surface area contributed by atoms with Crippen molar-refractivity contribution in [2.75, 3.05) is 96.4 Å². The number of imidazole rings is 1. The monoisotopic (exact) mass is 1150 g/mol. The summed E-state index contributed by atoms with van der Waals surface area (Å²) in [7, 11) is 3.51. The fourth-order valence-corrected chi connectivity index (χ4v) is 11.7. The molecule has 0 spiro atoms. The Morgan fingerprint density at radius 1 is 0.892 bits per heavy atom. The molecule has 83 heavy (non-hydrogen) atoms. The number of piperazine rings is 2. The first-order valence-corrected chi connectivity index (χ1v) is 28.6. The number of phenols is 1. The van der Waals surface area contributed by atoms with Crippen LogP contribution in [0.4, 0.5) is 11.4 Å². The van der Waals surface area contributed by atoms with Gasteiger partial charge in [-0.25, -0.2) is 9.97 Å². The van der Waals surface area contributed by atoms with Crippen molar-refractivity contribution >= 4 is 67.9 Å². The Bertz CT molecular complexity index is 3400. The molecule has 0 saturated carbocycles. The zero-order chi connectivity index (χ0) is 59.6. The number of nitrogens with zero attached hydrogens (tertiary/aromatic N) is 7. The minimum Gasteiger partial charge on any atom is -0.505 e. The van der Waals surface area contributed by atoms with E-state index in [4.69, 9.17) is 33.1 Å². The van der Waals surface area contributed by atoms with E-state index in [9.17, 15) is 34.5 Å². The van der Waals surface area contributed by atoms with Crippen molar-refractivity contribution in [2.24, 2.45) is 23.7 Å². The number of fused-ring (bicyclic) bond motifs is 2. The van der Waals surface area contributed by atoms with Gasteiger partial charge in [-0.2, -0.15) is 0 Å². The highest BCUT2D eigenvalue weighted by molar-refractivity contribution is 6.26. The summed E-state index contributed by atoms with van der Waals surface area (Å²) in [6.07, 6.45) is 9.84. The summed E-state index contributed by atoms with van der Waals surface area (Å²) < 4.78 is 39.3. The number of rotatable bonds is 11. The van der Waals surface area contributed by atoms with Crippen molar-refractivity contribution < 1.29 is 62.6 Å². The van der Waals surface area contributed by atoms with E-state index in [0.717, 1.165) is 57.9 Å². The second-order valence-electron chi connectivity index (χ2n) is 22.8. The minimum atomic E-state index is -2.10. The minimum absolute atomic E-state index is 0.0187. The molecule has 0 aliphatic carbocycles. The van der Waals surface area contributed by atoms with Crippen molar-refractivity contribution in [3.63, 3.8) is 0 Å². The fourth-order valence-electron chi connectivity index (χ4n) is 11.7. The molecule has 22 heteroatoms. The summed E-state index contributed by atoms with van der Waals surface area (Å²) in [5, 5.41) is 38.2. The number of carbonyl (C=O) groups excluding carboxylic acids is 4. The number of hydrogen-bond acceptors (Lipinski definition) is 20. The summed E-state index contributed by atoms with van der Waals surface area (Å²) in [5.74, 6) is -7.12. The van der Waals surface area contributed by atoms with Gasteiger partial charge in [0, 0.05) is 144 Å². The number of aromatic hydroxyl groups is 1. The predicted molar refractivity (Wildman–Crippen MR) is 312 cm³/mol. The van der Waals surface area contributed by atoms with Crippen LogP contribution in [0, 0.1) is 30.6 Å². The lowest BCUT2D eigenvalue weighted by Gasteiger charge is -2.38. The maximum absolute atomic E-state index is 15.2. The van der Waals surface area contributed by atoms with E-state index in [0.29, 0.717) is 38.4 Å². The van der Waals surface area contributed by atoms with E-state index in [1.165, 1.54) is 57.2 Å². The Kier molecular flexibility index (Phi) is 18.4. The average Bonchev–Trinajstić information content (AvgIpc) is 1.95. The molecule has 3 aromatic carbocycles. The highest BCUT2D eigenvalue weighted by Crippen LogP contribution is 2.49. The Labute approximate surface area is 482 Å². The zero-order valence-corrected chi connectivity index (χ0v) is 49.0. The Balaban J connectivity index is 1.12. The summed E-state index contributed by atoms with van der Waals surface area (Å²) in [6, 6.07) is 3.74. The van der Waals surface area contributed by atoms with Gasteiger partial charge in [-0.15, -0.1) is 0 Å². The summed E-state index contributed by atoms with van der Waals surface area (Å²) in [5.41, 5.74) is 0.114. The maximum atomic E-state index is 15.2. The number of aliphatic hydroxyl groups excluding tert-OH is 2. The molecular formula is C61H78N8O14. The molecule has 4 aliphatic rings. The number of ketones is 1. The number of carbonyl (C=O) groups is 4. The van der Waals surface area contributed by atoms with Gasteiger partial charge in [-0.1, -0.05) is 45.9 Å². The lowest BCUT2D eigenvalue weighted by Crippen LogP contribution is -2.48. The molecule has 1 amide bonds. The smallest absolute Gasteiger partial charge is 0.312 e. The molecule has 5 aromatic rings. The number of anilines is 2. The lowest BCUT2D eigenvalue weighted by atomic mass is 9.78. The van der Waals surface area contributed by atoms with Gasteiger partial charge in [0.05, 0.1) is 48.7 Å². The summed E-state index contributed by atoms with van der Waals surface area (Å²) in [4.78, 5) is 87.8. The molecule has 2 saturated heterocycles. The zero-order valence-electron chi connectivity index (χ0n) is 49.0. The van der Waals surface area contributed by atoms with E-state index in [2.05, 4.69) is 36.9 Å². The quantitative estimate of drug-likeness (QED) is 0.0385. The largest absolute Gasteiger partial charge is 0.505 e. The molecule has 0 unspecified atom stereocenters. The van der Waals surface area contributed by atoms with Crippen LogP contribution in [0.2, 0.25) is 0 Å². The second-order valence-corrected chi connectivity index (χ2v) is 22.8. The molecule has 446 valence electrons. The van der Waals surface area contributed by atoms with E-state index in [-0.39, 0.29) is 67.0 Å². The lowest BCUT2D eigenvalue weighted by molar-refractivity contribution is -0.160. The first kappa shape index (κ1) is 60.4. The highest BCUT2D eigenvalue weighted by Gasteiger charge is 2.50. The Morgan fingerprint density at radius 3 is 2.30 bits per heavy atom. The number of methoxy groups -OCH3 is 1. The van der Waals surface area contributed by atoms with Crippen LogP contribution >= 0.6 is 0 Å². The van der Waals surface area contributed by atoms with Crippen molar-refractivity contribution in [1.29, 1.82) is 0 Å². The van der Waals surface area contributed by atoms with Crippen molar-refractivity contribution in [1.82, 2.24) is 29.2 Å². The van der Waals surface area contributed by atoms with Gasteiger partial charge in [0.1, 0.15) is 34.9 Å². The third-order valence-electron chi connectivity index (χ3n) is 17.0. The summed E-state index contributed by atoms with van der Waals surface area (Å²) in [6.45, 7) is 20.3. The van der Waals surface area contributed by atoms with E-state index in [1.54, 1.807) is 59.2 Å². The number of allylic oxidation sites excluding steroid dienone is 2. The van der Waals surface area contributed by atoms with Gasteiger partial charge >= 0.3 is 11.8 Å². The van der Waals surface area contributed by atoms with Crippen LogP contribution in [-0.2, 0) is 23.8 Å². The summed E-state index contributed by atoms with van der Waals surface area (Å²) >= 11 is 0.